The van der Waals surface area contributed by atoms with Gasteiger partial charge in [0.1, 0.15) is 48.5 Å². The van der Waals surface area contributed by atoms with Gasteiger partial charge in [0.05, 0.1) is 19.3 Å². The maximum Gasteiger partial charge on any atom is 0.186 e. The maximum absolute atomic E-state index is 10.3. The molecule has 2 aliphatic heterocycles. The first-order valence-corrected chi connectivity index (χ1v) is 10.6. The zero-order chi connectivity index (χ0) is 23.4. The number of aromatic hydroxyl groups is 1. The lowest BCUT2D eigenvalue weighted by Gasteiger charge is -2.41. The summed E-state index contributed by atoms with van der Waals surface area (Å²) in [7, 11) is 0. The highest BCUT2D eigenvalue weighted by atomic mass is 16.7. The number of phenolic OH excluding ortho intramolecular Hbond substituents is 1. The molecule has 182 valence electrons. The summed E-state index contributed by atoms with van der Waals surface area (Å²) < 4.78 is 21.9. The molecule has 0 saturated carbocycles. The molecule has 2 fully saturated rings. The smallest absolute Gasteiger partial charge is 0.186 e. The van der Waals surface area contributed by atoms with E-state index in [1.807, 2.05) is 0 Å². The third kappa shape index (κ3) is 5.94. The molecule has 2 aliphatic rings. The summed E-state index contributed by atoms with van der Waals surface area (Å²) in [6.07, 6.45) is -11.0. The number of phenols is 1. The van der Waals surface area contributed by atoms with E-state index in [1.165, 1.54) is 0 Å². The van der Waals surface area contributed by atoms with Gasteiger partial charge in [0, 0.05) is 0 Å². The van der Waals surface area contributed by atoms with Crippen LogP contribution in [0.2, 0.25) is 0 Å². The molecule has 2 heterocycles. The van der Waals surface area contributed by atoms with Crippen molar-refractivity contribution in [1.82, 2.24) is 0 Å². The number of aryl methyl sites for hydroxylation is 1. The first-order chi connectivity index (χ1) is 15.2. The highest BCUT2D eigenvalue weighted by Crippen LogP contribution is 2.27. The second-order valence-corrected chi connectivity index (χ2v) is 8.21. The molecule has 0 spiro atoms. The normalized spacial score (nSPS) is 38.7. The molecule has 0 amide bonds. The van der Waals surface area contributed by atoms with E-state index < -0.39 is 61.9 Å². The zero-order valence-electron chi connectivity index (χ0n) is 17.7. The lowest BCUT2D eigenvalue weighted by molar-refractivity contribution is -0.318. The number of hydrogen-bond donors (Lipinski definition) is 7. The molecule has 1 aromatic rings. The molecule has 1 aromatic carbocycles. The highest BCUT2D eigenvalue weighted by molar-refractivity contribution is 5.25. The second-order valence-electron chi connectivity index (χ2n) is 8.21. The Morgan fingerprint density at radius 1 is 0.844 bits per heavy atom. The summed E-state index contributed by atoms with van der Waals surface area (Å²) in [5, 5.41) is 68.9. The van der Waals surface area contributed by atoms with Crippen molar-refractivity contribution in [2.24, 2.45) is 0 Å². The van der Waals surface area contributed by atoms with Gasteiger partial charge in [-0.05, 0) is 37.5 Å². The predicted molar refractivity (Wildman–Crippen MR) is 107 cm³/mol. The van der Waals surface area contributed by atoms with Crippen molar-refractivity contribution in [2.45, 2.75) is 81.2 Å². The Labute approximate surface area is 185 Å². The second kappa shape index (κ2) is 11.2. The van der Waals surface area contributed by atoms with Crippen molar-refractivity contribution in [3.8, 4) is 5.75 Å². The van der Waals surface area contributed by atoms with E-state index in [0.29, 0.717) is 12.8 Å². The van der Waals surface area contributed by atoms with Crippen molar-refractivity contribution in [3.63, 3.8) is 0 Å². The number of aliphatic hydroxyl groups excluding tert-OH is 6. The first-order valence-electron chi connectivity index (χ1n) is 10.6. The van der Waals surface area contributed by atoms with Crippen molar-refractivity contribution in [1.29, 1.82) is 0 Å². The zero-order valence-corrected chi connectivity index (χ0v) is 17.7. The maximum atomic E-state index is 10.3. The van der Waals surface area contributed by atoms with Crippen LogP contribution >= 0.6 is 0 Å². The minimum absolute atomic E-state index is 0.175. The molecular weight excluding hydrogens is 428 g/mol. The minimum Gasteiger partial charge on any atom is -0.508 e. The summed E-state index contributed by atoms with van der Waals surface area (Å²) in [4.78, 5) is 0. The summed E-state index contributed by atoms with van der Waals surface area (Å²) in [6.45, 7) is 0.932. The van der Waals surface area contributed by atoms with Crippen molar-refractivity contribution in [3.05, 3.63) is 29.8 Å². The van der Waals surface area contributed by atoms with Gasteiger partial charge in [0.25, 0.3) is 0 Å². The van der Waals surface area contributed by atoms with Gasteiger partial charge >= 0.3 is 0 Å². The molecular formula is C21H32O11. The van der Waals surface area contributed by atoms with Crippen molar-refractivity contribution >= 4 is 0 Å². The van der Waals surface area contributed by atoms with E-state index in [1.54, 1.807) is 31.2 Å². The standard InChI is InChI=1S/C21H32O11/c1-10(2-3-11-4-6-12(23)7-5-11)30-21-19(28)17(26)16(25)14(32-21)9-29-20-18(27)15(24)13(8-22)31-20/h4-7,10,13-28H,2-3,8-9H2,1H3/t10?,13?,14-,15+,16-,17+,18-,19-,20-,21-/m1/s1. The summed E-state index contributed by atoms with van der Waals surface area (Å²) >= 11 is 0. The molecule has 10 atom stereocenters. The number of hydrogen-bond acceptors (Lipinski definition) is 11. The van der Waals surface area contributed by atoms with Crippen LogP contribution in [0.3, 0.4) is 0 Å². The molecule has 11 nitrogen and oxygen atoms in total. The van der Waals surface area contributed by atoms with Gasteiger partial charge < -0.3 is 54.7 Å². The fourth-order valence-corrected chi connectivity index (χ4v) is 3.69. The average molecular weight is 460 g/mol. The molecule has 0 aromatic heterocycles. The van der Waals surface area contributed by atoms with Crippen molar-refractivity contribution in [2.75, 3.05) is 13.2 Å². The van der Waals surface area contributed by atoms with Crippen LogP contribution in [0.5, 0.6) is 5.75 Å². The molecule has 3 rings (SSSR count). The topological polar surface area (TPSA) is 179 Å². The third-order valence-electron chi connectivity index (χ3n) is 5.73. The summed E-state index contributed by atoms with van der Waals surface area (Å²) in [6, 6.07) is 6.76. The Hall–Kier alpha value is -1.38. The monoisotopic (exact) mass is 460 g/mol. The number of ether oxygens (including phenoxy) is 4. The number of aliphatic hydroxyl groups is 6. The van der Waals surface area contributed by atoms with Gasteiger partial charge in [-0.1, -0.05) is 12.1 Å². The Morgan fingerprint density at radius 3 is 2.06 bits per heavy atom. The van der Waals surface area contributed by atoms with E-state index in [0.717, 1.165) is 5.56 Å². The van der Waals surface area contributed by atoms with Crippen LogP contribution in [-0.4, -0.2) is 110 Å². The lowest BCUT2D eigenvalue weighted by Crippen LogP contribution is -2.60. The Morgan fingerprint density at radius 2 is 1.44 bits per heavy atom. The lowest BCUT2D eigenvalue weighted by atomic mass is 9.99. The van der Waals surface area contributed by atoms with E-state index >= 15 is 0 Å². The molecule has 2 unspecified atom stereocenters. The fourth-order valence-electron chi connectivity index (χ4n) is 3.69. The number of benzene rings is 1. The molecule has 0 aliphatic carbocycles. The highest BCUT2D eigenvalue weighted by Gasteiger charge is 2.47. The van der Waals surface area contributed by atoms with Gasteiger partial charge in [-0.25, -0.2) is 0 Å². The average Bonchev–Trinajstić information content (AvgIpc) is 3.06. The Kier molecular flexibility index (Phi) is 8.81. The van der Waals surface area contributed by atoms with Crippen molar-refractivity contribution < 1.29 is 54.7 Å². The van der Waals surface area contributed by atoms with Crippen LogP contribution in [-0.2, 0) is 25.4 Å². The summed E-state index contributed by atoms with van der Waals surface area (Å²) in [5.41, 5.74) is 0.989. The molecule has 2 saturated heterocycles. The SMILES string of the molecule is CC(CCc1ccc(O)cc1)O[C@@H]1O[C@H](CO[C@@H]2OC(CO)[C@H](O)[C@H]2O)[C@@H](O)[C@H](O)[C@H]1O. The predicted octanol–water partition coefficient (Wildman–Crippen LogP) is -2.01. The van der Waals surface area contributed by atoms with E-state index in [-0.39, 0.29) is 18.5 Å². The fraction of sp³-hybridized carbons (Fsp3) is 0.714. The van der Waals surface area contributed by atoms with E-state index in [4.69, 9.17) is 24.1 Å². The van der Waals surface area contributed by atoms with Gasteiger partial charge in [0.2, 0.25) is 0 Å². The van der Waals surface area contributed by atoms with Crippen LogP contribution in [0.1, 0.15) is 18.9 Å². The van der Waals surface area contributed by atoms with Crippen LogP contribution < -0.4 is 0 Å². The van der Waals surface area contributed by atoms with E-state index in [2.05, 4.69) is 0 Å². The largest absolute Gasteiger partial charge is 0.508 e. The van der Waals surface area contributed by atoms with Crippen LogP contribution in [0, 0.1) is 0 Å². The molecule has 7 N–H and O–H groups in total. The van der Waals surface area contributed by atoms with Gasteiger partial charge in [-0.15, -0.1) is 0 Å². The quantitative estimate of drug-likeness (QED) is 0.217. The van der Waals surface area contributed by atoms with Crippen LogP contribution in [0.4, 0.5) is 0 Å². The summed E-state index contributed by atoms with van der Waals surface area (Å²) in [5.74, 6) is 0.175. The van der Waals surface area contributed by atoms with Crippen LogP contribution in [0.15, 0.2) is 24.3 Å². The molecule has 0 bridgehead atoms. The van der Waals surface area contributed by atoms with E-state index in [9.17, 15) is 30.6 Å². The molecule has 11 heteroatoms. The minimum atomic E-state index is -1.56. The molecule has 32 heavy (non-hydrogen) atoms. The Balaban J connectivity index is 1.52. The van der Waals surface area contributed by atoms with Gasteiger partial charge in [-0.3, -0.25) is 0 Å². The van der Waals surface area contributed by atoms with Gasteiger partial charge in [-0.2, -0.15) is 0 Å². The van der Waals surface area contributed by atoms with Crippen LogP contribution in [0.25, 0.3) is 0 Å². The molecule has 0 radical (unpaired) electrons. The first kappa shape index (κ1) is 25.2. The third-order valence-corrected chi connectivity index (χ3v) is 5.73. The Bertz CT molecular complexity index is 701. The number of rotatable bonds is 9. The van der Waals surface area contributed by atoms with Gasteiger partial charge in [0.15, 0.2) is 12.6 Å².